The molecule has 2 aromatic rings. The molecule has 1 heterocycles. The molecule has 0 unspecified atom stereocenters. The standard InChI is InChI=1S/C9H5FN4O/c10-6-3-5-1-2-9(15)12-7(5)4-8(6)13-14-11/h1-4H,(H,12,15). The molecule has 0 radical (unpaired) electrons. The van der Waals surface area contributed by atoms with E-state index in [1.807, 2.05) is 0 Å². The molecular formula is C9H5FN4O. The van der Waals surface area contributed by atoms with Gasteiger partial charge in [-0.1, -0.05) is 5.11 Å². The number of fused-ring (bicyclic) bond motifs is 1. The molecule has 1 aromatic heterocycles. The lowest BCUT2D eigenvalue weighted by Crippen LogP contribution is -2.02. The van der Waals surface area contributed by atoms with Crippen molar-refractivity contribution in [2.75, 3.05) is 0 Å². The van der Waals surface area contributed by atoms with Gasteiger partial charge in [-0.3, -0.25) is 4.79 Å². The Morgan fingerprint density at radius 3 is 2.93 bits per heavy atom. The van der Waals surface area contributed by atoms with Crippen LogP contribution in [0.1, 0.15) is 0 Å². The first-order valence-corrected chi connectivity index (χ1v) is 4.08. The molecule has 15 heavy (non-hydrogen) atoms. The highest BCUT2D eigenvalue weighted by Crippen LogP contribution is 2.23. The van der Waals surface area contributed by atoms with E-state index in [2.05, 4.69) is 15.0 Å². The first-order chi connectivity index (χ1) is 7.20. The maximum absolute atomic E-state index is 13.3. The van der Waals surface area contributed by atoms with Crippen LogP contribution >= 0.6 is 0 Å². The fraction of sp³-hybridized carbons (Fsp3) is 0. The van der Waals surface area contributed by atoms with Gasteiger partial charge in [0.15, 0.2) is 0 Å². The number of halogens is 1. The van der Waals surface area contributed by atoms with Crippen LogP contribution in [0.25, 0.3) is 21.3 Å². The molecule has 1 aromatic carbocycles. The first-order valence-electron chi connectivity index (χ1n) is 4.08. The third-order valence-electron chi connectivity index (χ3n) is 1.94. The summed E-state index contributed by atoms with van der Waals surface area (Å²) >= 11 is 0. The summed E-state index contributed by atoms with van der Waals surface area (Å²) in [5.74, 6) is -0.618. The molecule has 0 spiro atoms. The van der Waals surface area contributed by atoms with Gasteiger partial charge in [0.25, 0.3) is 0 Å². The van der Waals surface area contributed by atoms with E-state index in [0.717, 1.165) is 0 Å². The van der Waals surface area contributed by atoms with E-state index in [1.54, 1.807) is 0 Å². The molecule has 0 amide bonds. The van der Waals surface area contributed by atoms with Gasteiger partial charge in [-0.05, 0) is 23.7 Å². The predicted molar refractivity (Wildman–Crippen MR) is 53.3 cm³/mol. The van der Waals surface area contributed by atoms with Gasteiger partial charge in [0, 0.05) is 21.9 Å². The molecule has 0 aliphatic rings. The second kappa shape index (κ2) is 3.43. The fourth-order valence-electron chi connectivity index (χ4n) is 1.29. The Labute approximate surface area is 82.8 Å². The summed E-state index contributed by atoms with van der Waals surface area (Å²) in [6, 6.07) is 5.30. The number of H-pyrrole nitrogens is 1. The number of hydrogen-bond donors (Lipinski definition) is 1. The number of rotatable bonds is 1. The smallest absolute Gasteiger partial charge is 0.248 e. The minimum atomic E-state index is -0.618. The maximum Gasteiger partial charge on any atom is 0.248 e. The van der Waals surface area contributed by atoms with Gasteiger partial charge in [0.05, 0.1) is 5.69 Å². The fourth-order valence-corrected chi connectivity index (χ4v) is 1.29. The van der Waals surface area contributed by atoms with E-state index >= 15 is 0 Å². The highest BCUT2D eigenvalue weighted by Gasteiger charge is 2.03. The van der Waals surface area contributed by atoms with Crippen LogP contribution in [-0.4, -0.2) is 4.98 Å². The summed E-state index contributed by atoms with van der Waals surface area (Å²) in [6.45, 7) is 0. The van der Waals surface area contributed by atoms with Crippen LogP contribution < -0.4 is 5.56 Å². The summed E-state index contributed by atoms with van der Waals surface area (Å²) in [7, 11) is 0. The van der Waals surface area contributed by atoms with Crippen molar-refractivity contribution in [1.82, 2.24) is 4.98 Å². The van der Waals surface area contributed by atoms with Gasteiger partial charge < -0.3 is 4.98 Å². The molecule has 0 aliphatic heterocycles. The van der Waals surface area contributed by atoms with Crippen molar-refractivity contribution in [1.29, 1.82) is 0 Å². The first kappa shape index (κ1) is 9.23. The lowest BCUT2D eigenvalue weighted by atomic mass is 10.2. The lowest BCUT2D eigenvalue weighted by molar-refractivity contribution is 0.631. The Hall–Kier alpha value is -2.33. The Morgan fingerprint density at radius 2 is 2.20 bits per heavy atom. The van der Waals surface area contributed by atoms with E-state index in [1.165, 1.54) is 24.3 Å². The van der Waals surface area contributed by atoms with Crippen LogP contribution in [0.15, 0.2) is 34.2 Å². The van der Waals surface area contributed by atoms with Crippen molar-refractivity contribution >= 4 is 16.6 Å². The van der Waals surface area contributed by atoms with Crippen LogP contribution in [-0.2, 0) is 0 Å². The van der Waals surface area contributed by atoms with Gasteiger partial charge >= 0.3 is 0 Å². The molecule has 0 aliphatic carbocycles. The van der Waals surface area contributed by atoms with Gasteiger partial charge in [0.2, 0.25) is 5.56 Å². The maximum atomic E-state index is 13.3. The summed E-state index contributed by atoms with van der Waals surface area (Å²) < 4.78 is 13.3. The highest BCUT2D eigenvalue weighted by atomic mass is 19.1. The zero-order valence-electron chi connectivity index (χ0n) is 7.44. The van der Waals surface area contributed by atoms with E-state index in [4.69, 9.17) is 5.53 Å². The zero-order chi connectivity index (χ0) is 10.8. The Bertz CT molecular complexity index is 628. The second-order valence-electron chi connectivity index (χ2n) is 2.90. The minimum Gasteiger partial charge on any atom is -0.322 e. The van der Waals surface area contributed by atoms with E-state index in [0.29, 0.717) is 10.9 Å². The third kappa shape index (κ3) is 1.66. The molecule has 2 rings (SSSR count). The van der Waals surface area contributed by atoms with E-state index in [-0.39, 0.29) is 11.2 Å². The minimum absolute atomic E-state index is 0.133. The number of benzene rings is 1. The SMILES string of the molecule is [N-]=[N+]=Nc1cc2[nH]c(=O)ccc2cc1F. The summed E-state index contributed by atoms with van der Waals surface area (Å²) in [6.07, 6.45) is 0. The van der Waals surface area contributed by atoms with E-state index < -0.39 is 5.82 Å². The number of aromatic amines is 1. The summed E-state index contributed by atoms with van der Waals surface area (Å²) in [5, 5.41) is 3.71. The predicted octanol–water partition coefficient (Wildman–Crippen LogP) is 2.61. The molecule has 0 bridgehead atoms. The average Bonchev–Trinajstić information content (AvgIpc) is 2.20. The number of nitrogens with one attached hydrogen (secondary N) is 1. The molecule has 0 fully saturated rings. The molecule has 1 N–H and O–H groups in total. The molecule has 0 saturated heterocycles. The Morgan fingerprint density at radius 1 is 1.40 bits per heavy atom. The van der Waals surface area contributed by atoms with E-state index in [9.17, 15) is 9.18 Å². The molecule has 5 nitrogen and oxygen atoms in total. The monoisotopic (exact) mass is 204 g/mol. The molecule has 6 heteroatoms. The topological polar surface area (TPSA) is 81.6 Å². The van der Waals surface area contributed by atoms with Gasteiger partial charge in [0.1, 0.15) is 5.82 Å². The largest absolute Gasteiger partial charge is 0.322 e. The van der Waals surface area contributed by atoms with Crippen LogP contribution in [0.3, 0.4) is 0 Å². The second-order valence-corrected chi connectivity index (χ2v) is 2.90. The highest BCUT2D eigenvalue weighted by molar-refractivity contribution is 5.81. The van der Waals surface area contributed by atoms with Crippen molar-refractivity contribution in [2.24, 2.45) is 5.11 Å². The van der Waals surface area contributed by atoms with Crippen LogP contribution in [0, 0.1) is 5.82 Å². The molecule has 0 saturated carbocycles. The van der Waals surface area contributed by atoms with Crippen molar-refractivity contribution in [3.8, 4) is 0 Å². The van der Waals surface area contributed by atoms with Crippen molar-refractivity contribution in [2.45, 2.75) is 0 Å². The normalized spacial score (nSPS) is 9.93. The van der Waals surface area contributed by atoms with Gasteiger partial charge in [-0.15, -0.1) is 0 Å². The lowest BCUT2D eigenvalue weighted by Gasteiger charge is -1.99. The molecule has 0 atom stereocenters. The van der Waals surface area contributed by atoms with Crippen LogP contribution in [0.5, 0.6) is 0 Å². The Kier molecular flexibility index (Phi) is 2.11. The quantitative estimate of drug-likeness (QED) is 0.432. The van der Waals surface area contributed by atoms with Crippen molar-refractivity contribution < 1.29 is 4.39 Å². The van der Waals surface area contributed by atoms with Gasteiger partial charge in [-0.25, -0.2) is 4.39 Å². The number of azide groups is 1. The van der Waals surface area contributed by atoms with Gasteiger partial charge in [-0.2, -0.15) is 0 Å². The number of aromatic nitrogens is 1. The number of hydrogen-bond acceptors (Lipinski definition) is 2. The van der Waals surface area contributed by atoms with Crippen LogP contribution in [0.2, 0.25) is 0 Å². The van der Waals surface area contributed by atoms with Crippen molar-refractivity contribution in [3.05, 3.63) is 50.9 Å². The summed E-state index contributed by atoms with van der Waals surface area (Å²) in [5.41, 5.74) is 8.20. The van der Waals surface area contributed by atoms with Crippen molar-refractivity contribution in [3.63, 3.8) is 0 Å². The number of pyridine rings is 1. The molecular weight excluding hydrogens is 199 g/mol. The van der Waals surface area contributed by atoms with Crippen LogP contribution in [0.4, 0.5) is 10.1 Å². The Balaban J connectivity index is 2.82. The summed E-state index contributed by atoms with van der Waals surface area (Å²) in [4.78, 5) is 16.0. The third-order valence-corrected chi connectivity index (χ3v) is 1.94. The average molecular weight is 204 g/mol. The number of nitrogens with zero attached hydrogens (tertiary/aromatic N) is 3. The molecule has 74 valence electrons. The zero-order valence-corrected chi connectivity index (χ0v) is 7.44.